The number of phenols is 1. The molecule has 11 nitrogen and oxygen atoms in total. The molecule has 3 rings (SSSR count). The first-order chi connectivity index (χ1) is 15.2. The zero-order valence-corrected chi connectivity index (χ0v) is 18.9. The number of carboxylic acid groups (broad SMARTS) is 1. The van der Waals surface area contributed by atoms with Crippen LogP contribution in [-0.2, 0) is 0 Å². The monoisotopic (exact) mass is 445 g/mol. The van der Waals surface area contributed by atoms with Crippen molar-refractivity contribution in [1.29, 1.82) is 0 Å². The Morgan fingerprint density at radius 2 is 1.84 bits per heavy atom. The molecular formula is C21H31N7O4. The van der Waals surface area contributed by atoms with Crippen molar-refractivity contribution in [3.05, 3.63) is 23.8 Å². The number of nitrogens with one attached hydrogen (secondary N) is 3. The maximum atomic E-state index is 11.4. The second kappa shape index (κ2) is 9.45. The zero-order chi connectivity index (χ0) is 23.6. The van der Waals surface area contributed by atoms with Gasteiger partial charge in [-0.15, -0.1) is 5.53 Å². The quantitative estimate of drug-likeness (QED) is 0.317. The summed E-state index contributed by atoms with van der Waals surface area (Å²) in [5, 5.41) is 39.0. The molecule has 2 aromatic rings. The molecule has 1 aromatic heterocycles. The van der Waals surface area contributed by atoms with Crippen molar-refractivity contribution in [2.75, 3.05) is 27.3 Å². The second-order valence-electron chi connectivity index (χ2n) is 8.19. The van der Waals surface area contributed by atoms with Gasteiger partial charge in [-0.3, -0.25) is 10.0 Å². The number of carbonyl (C=O) groups is 1. The molecule has 1 aromatic carbocycles. The van der Waals surface area contributed by atoms with Crippen LogP contribution >= 0.6 is 0 Å². The van der Waals surface area contributed by atoms with Crippen molar-refractivity contribution in [2.45, 2.75) is 59.2 Å². The number of hydrogen-bond donors (Lipinski definition) is 6. The van der Waals surface area contributed by atoms with Gasteiger partial charge in [-0.25, -0.2) is 4.79 Å². The van der Waals surface area contributed by atoms with E-state index in [0.717, 1.165) is 0 Å². The molecule has 1 unspecified atom stereocenters. The largest absolute Gasteiger partial charge is 0.507 e. The van der Waals surface area contributed by atoms with E-state index in [4.69, 9.17) is 4.98 Å². The number of aliphatic hydroxyl groups is 1. The first kappa shape index (κ1) is 23.4. The van der Waals surface area contributed by atoms with Crippen molar-refractivity contribution in [1.82, 2.24) is 15.5 Å². The Labute approximate surface area is 187 Å². The van der Waals surface area contributed by atoms with Crippen molar-refractivity contribution in [2.24, 2.45) is 0 Å². The van der Waals surface area contributed by atoms with Crippen LogP contribution in [0.1, 0.15) is 51.4 Å². The van der Waals surface area contributed by atoms with Gasteiger partial charge in [-0.2, -0.15) is 9.97 Å². The summed E-state index contributed by atoms with van der Waals surface area (Å²) >= 11 is 0. The van der Waals surface area contributed by atoms with Gasteiger partial charge in [0.1, 0.15) is 17.0 Å². The standard InChI is InChI=1S/C21H31N7O4/c1-6-13(10-29)23-21-24-18(22-14-7-8-16(30)15(9-14)20(31)32)17-19(25-21)28(12(4)5)26-27(17)11(2)3/h7-9,11-13,26,29-30H,6,10H2,1-5H3,(H,31,32)(H2,22,23,24,25). The Bertz CT molecular complexity index is 979. The fourth-order valence-electron chi connectivity index (χ4n) is 3.31. The average Bonchev–Trinajstić information content (AvgIpc) is 3.13. The summed E-state index contributed by atoms with van der Waals surface area (Å²) in [5.41, 5.74) is 4.29. The molecule has 0 fully saturated rings. The van der Waals surface area contributed by atoms with Crippen molar-refractivity contribution in [3.63, 3.8) is 0 Å². The molecule has 11 heteroatoms. The average molecular weight is 446 g/mol. The summed E-state index contributed by atoms with van der Waals surface area (Å²) in [4.78, 5) is 20.8. The lowest BCUT2D eigenvalue weighted by Crippen LogP contribution is -2.50. The molecule has 0 saturated heterocycles. The Morgan fingerprint density at radius 1 is 1.16 bits per heavy atom. The lowest BCUT2D eigenvalue weighted by Gasteiger charge is -2.27. The van der Waals surface area contributed by atoms with Crippen LogP contribution in [0.25, 0.3) is 0 Å². The van der Waals surface area contributed by atoms with E-state index in [0.29, 0.717) is 35.4 Å². The Morgan fingerprint density at radius 3 is 2.41 bits per heavy atom. The van der Waals surface area contributed by atoms with Gasteiger partial charge in [0.25, 0.3) is 0 Å². The number of anilines is 5. The lowest BCUT2D eigenvalue weighted by atomic mass is 10.1. The van der Waals surface area contributed by atoms with E-state index >= 15 is 0 Å². The van der Waals surface area contributed by atoms with Gasteiger partial charge in [-0.05, 0) is 52.3 Å². The third-order valence-electron chi connectivity index (χ3n) is 5.12. The van der Waals surface area contributed by atoms with Crippen LogP contribution in [-0.4, -0.2) is 56.0 Å². The number of benzene rings is 1. The zero-order valence-electron chi connectivity index (χ0n) is 18.9. The SMILES string of the molecule is CCC(CO)Nc1nc(Nc2ccc(O)c(C(=O)O)c2)c2c(n1)N(C(C)C)NN2C(C)C. The summed E-state index contributed by atoms with van der Waals surface area (Å²) in [6.07, 6.45) is 0.684. The number of aromatic nitrogens is 2. The Hall–Kier alpha value is -3.31. The number of hydrogen-bond acceptors (Lipinski definition) is 10. The number of aliphatic hydroxyl groups excluding tert-OH is 1. The van der Waals surface area contributed by atoms with Crippen LogP contribution in [0.3, 0.4) is 0 Å². The highest BCUT2D eigenvalue weighted by molar-refractivity contribution is 5.93. The molecular weight excluding hydrogens is 414 g/mol. The normalized spacial score (nSPS) is 14.1. The van der Waals surface area contributed by atoms with E-state index in [1.54, 1.807) is 6.07 Å². The minimum Gasteiger partial charge on any atom is -0.507 e. The molecule has 6 N–H and O–H groups in total. The van der Waals surface area contributed by atoms with Gasteiger partial charge < -0.3 is 26.0 Å². The summed E-state index contributed by atoms with van der Waals surface area (Å²) in [5.74, 6) is -0.104. The van der Waals surface area contributed by atoms with Gasteiger partial charge in [0, 0.05) is 17.8 Å². The predicted molar refractivity (Wildman–Crippen MR) is 124 cm³/mol. The molecule has 0 aliphatic carbocycles. The molecule has 1 aliphatic rings. The van der Waals surface area contributed by atoms with Crippen LogP contribution < -0.4 is 26.2 Å². The van der Waals surface area contributed by atoms with Crippen molar-refractivity contribution >= 4 is 34.9 Å². The first-order valence-electron chi connectivity index (χ1n) is 10.6. The van der Waals surface area contributed by atoms with Crippen LogP contribution in [0.4, 0.5) is 29.0 Å². The Balaban J connectivity index is 2.13. The molecule has 0 spiro atoms. The summed E-state index contributed by atoms with van der Waals surface area (Å²) in [7, 11) is 0. The molecule has 0 saturated carbocycles. The fourth-order valence-corrected chi connectivity index (χ4v) is 3.31. The van der Waals surface area contributed by atoms with Crippen LogP contribution in [0.2, 0.25) is 0 Å². The van der Waals surface area contributed by atoms with Crippen molar-refractivity contribution < 1.29 is 20.1 Å². The molecule has 0 bridgehead atoms. The predicted octanol–water partition coefficient (Wildman–Crippen LogP) is 2.67. The van der Waals surface area contributed by atoms with Crippen molar-refractivity contribution in [3.8, 4) is 5.75 Å². The van der Waals surface area contributed by atoms with Crippen LogP contribution in [0.5, 0.6) is 5.75 Å². The number of aromatic hydroxyl groups is 1. The molecule has 0 radical (unpaired) electrons. The minimum absolute atomic E-state index is 0.0655. The van der Waals surface area contributed by atoms with Crippen LogP contribution in [0.15, 0.2) is 18.2 Å². The highest BCUT2D eigenvalue weighted by Gasteiger charge is 2.35. The number of carboxylic acids is 1. The molecule has 32 heavy (non-hydrogen) atoms. The molecule has 174 valence electrons. The highest BCUT2D eigenvalue weighted by Crippen LogP contribution is 2.41. The smallest absolute Gasteiger partial charge is 0.339 e. The van der Waals surface area contributed by atoms with Gasteiger partial charge in [-0.1, -0.05) is 6.92 Å². The van der Waals surface area contributed by atoms with E-state index in [1.165, 1.54) is 12.1 Å². The lowest BCUT2D eigenvalue weighted by molar-refractivity contribution is 0.0693. The summed E-state index contributed by atoms with van der Waals surface area (Å²) in [6, 6.07) is 4.19. The topological polar surface area (TPSA) is 146 Å². The van der Waals surface area contributed by atoms with E-state index in [-0.39, 0.29) is 36.0 Å². The fraction of sp³-hybridized carbons (Fsp3) is 0.476. The number of hydrazine groups is 2. The van der Waals surface area contributed by atoms with Gasteiger partial charge in [0.15, 0.2) is 11.6 Å². The van der Waals surface area contributed by atoms with E-state index < -0.39 is 5.97 Å². The van der Waals surface area contributed by atoms with E-state index in [2.05, 4.69) is 21.2 Å². The molecule has 1 aliphatic heterocycles. The summed E-state index contributed by atoms with van der Waals surface area (Å²) < 4.78 is 0. The maximum Gasteiger partial charge on any atom is 0.339 e. The Kier molecular flexibility index (Phi) is 6.90. The molecule has 2 heterocycles. The third kappa shape index (κ3) is 4.63. The maximum absolute atomic E-state index is 11.4. The van der Waals surface area contributed by atoms with E-state index in [1.807, 2.05) is 44.6 Å². The van der Waals surface area contributed by atoms with Gasteiger partial charge >= 0.3 is 5.97 Å². The minimum atomic E-state index is -1.23. The number of rotatable bonds is 9. The summed E-state index contributed by atoms with van der Waals surface area (Å²) in [6.45, 7) is 10.0. The first-order valence-corrected chi connectivity index (χ1v) is 10.6. The van der Waals surface area contributed by atoms with Gasteiger partial charge in [0.2, 0.25) is 5.95 Å². The third-order valence-corrected chi connectivity index (χ3v) is 5.12. The van der Waals surface area contributed by atoms with E-state index in [9.17, 15) is 20.1 Å². The van der Waals surface area contributed by atoms with Crippen LogP contribution in [0, 0.1) is 0 Å². The number of nitrogens with zero attached hydrogens (tertiary/aromatic N) is 4. The number of fused-ring (bicyclic) bond motifs is 1. The second-order valence-corrected chi connectivity index (χ2v) is 8.19. The number of aromatic carboxylic acids is 1. The molecule has 1 atom stereocenters. The molecule has 0 amide bonds. The van der Waals surface area contributed by atoms with Gasteiger partial charge in [0.05, 0.1) is 12.6 Å². The highest BCUT2D eigenvalue weighted by atomic mass is 16.4.